The number of benzene rings is 1. The summed E-state index contributed by atoms with van der Waals surface area (Å²) in [7, 11) is 3.92. The van der Waals surface area contributed by atoms with Crippen molar-refractivity contribution in [2.45, 2.75) is 26.8 Å². The van der Waals surface area contributed by atoms with Crippen molar-refractivity contribution in [3.63, 3.8) is 0 Å². The van der Waals surface area contributed by atoms with Gasteiger partial charge >= 0.3 is 0 Å². The van der Waals surface area contributed by atoms with Crippen molar-refractivity contribution in [1.29, 1.82) is 0 Å². The number of nitrogens with zero attached hydrogens (tertiary/aromatic N) is 1. The van der Waals surface area contributed by atoms with Crippen LogP contribution >= 0.6 is 0 Å². The molecule has 0 bridgehead atoms. The SMILES string of the molecule is CN(C)c1cccc(NC(=O)[C@@H](N)C(C)(C)C)c1. The lowest BCUT2D eigenvalue weighted by Gasteiger charge is -2.26. The van der Waals surface area contributed by atoms with E-state index in [1.165, 1.54) is 0 Å². The maximum Gasteiger partial charge on any atom is 0.241 e. The van der Waals surface area contributed by atoms with E-state index in [1.54, 1.807) is 0 Å². The maximum absolute atomic E-state index is 12.0. The van der Waals surface area contributed by atoms with Crippen molar-refractivity contribution in [2.75, 3.05) is 24.3 Å². The molecule has 0 aliphatic heterocycles. The second-order valence-corrected chi connectivity index (χ2v) is 5.78. The van der Waals surface area contributed by atoms with Crippen LogP contribution in [-0.2, 0) is 4.79 Å². The molecule has 1 amide bonds. The monoisotopic (exact) mass is 249 g/mol. The van der Waals surface area contributed by atoms with Crippen LogP contribution in [0.1, 0.15) is 20.8 Å². The topological polar surface area (TPSA) is 58.4 Å². The van der Waals surface area contributed by atoms with E-state index in [2.05, 4.69) is 5.32 Å². The summed E-state index contributed by atoms with van der Waals surface area (Å²) in [5, 5.41) is 2.85. The van der Waals surface area contributed by atoms with Gasteiger partial charge < -0.3 is 16.0 Å². The van der Waals surface area contributed by atoms with E-state index in [4.69, 9.17) is 5.73 Å². The van der Waals surface area contributed by atoms with Crippen molar-refractivity contribution < 1.29 is 4.79 Å². The van der Waals surface area contributed by atoms with Gasteiger partial charge in [0.15, 0.2) is 0 Å². The summed E-state index contributed by atoms with van der Waals surface area (Å²) in [5.74, 6) is -0.154. The van der Waals surface area contributed by atoms with Crippen LogP contribution in [0.25, 0.3) is 0 Å². The average molecular weight is 249 g/mol. The number of rotatable bonds is 3. The molecule has 3 N–H and O–H groups in total. The summed E-state index contributed by atoms with van der Waals surface area (Å²) < 4.78 is 0. The van der Waals surface area contributed by atoms with Crippen molar-refractivity contribution in [2.24, 2.45) is 11.1 Å². The molecule has 0 aliphatic rings. The highest BCUT2D eigenvalue weighted by Crippen LogP contribution is 2.21. The summed E-state index contributed by atoms with van der Waals surface area (Å²) in [4.78, 5) is 14.0. The predicted octanol–water partition coefficient (Wildman–Crippen LogP) is 2.06. The fraction of sp³-hybridized carbons (Fsp3) is 0.500. The van der Waals surface area contributed by atoms with Gasteiger partial charge in [0.05, 0.1) is 6.04 Å². The second-order valence-electron chi connectivity index (χ2n) is 5.78. The van der Waals surface area contributed by atoms with Crippen LogP contribution in [0.2, 0.25) is 0 Å². The molecule has 1 rings (SSSR count). The zero-order valence-corrected chi connectivity index (χ0v) is 11.8. The Balaban J connectivity index is 2.79. The minimum Gasteiger partial charge on any atom is -0.378 e. The molecule has 4 nitrogen and oxygen atoms in total. The Morgan fingerprint density at radius 2 is 1.94 bits per heavy atom. The van der Waals surface area contributed by atoms with E-state index < -0.39 is 6.04 Å². The average Bonchev–Trinajstić information content (AvgIpc) is 2.27. The molecule has 1 aromatic rings. The molecule has 0 saturated heterocycles. The lowest BCUT2D eigenvalue weighted by atomic mass is 9.87. The molecule has 4 heteroatoms. The molecule has 0 radical (unpaired) electrons. The minimum absolute atomic E-state index is 0.154. The number of nitrogens with two attached hydrogens (primary N) is 1. The molecule has 0 fully saturated rings. The minimum atomic E-state index is -0.527. The largest absolute Gasteiger partial charge is 0.378 e. The van der Waals surface area contributed by atoms with Crippen LogP contribution in [0.5, 0.6) is 0 Å². The van der Waals surface area contributed by atoms with Crippen LogP contribution in [-0.4, -0.2) is 26.0 Å². The van der Waals surface area contributed by atoms with Gasteiger partial charge in [-0.15, -0.1) is 0 Å². The molecular weight excluding hydrogens is 226 g/mol. The summed E-state index contributed by atoms with van der Waals surface area (Å²) >= 11 is 0. The summed E-state index contributed by atoms with van der Waals surface area (Å²) in [6.07, 6.45) is 0. The highest BCUT2D eigenvalue weighted by atomic mass is 16.2. The van der Waals surface area contributed by atoms with Crippen molar-refractivity contribution >= 4 is 17.3 Å². The Labute approximate surface area is 109 Å². The normalized spacial score (nSPS) is 13.0. The van der Waals surface area contributed by atoms with Gasteiger partial charge in [-0.3, -0.25) is 4.79 Å². The van der Waals surface area contributed by atoms with Crippen LogP contribution in [0.4, 0.5) is 11.4 Å². The number of hydrogen-bond acceptors (Lipinski definition) is 3. The first-order valence-electron chi connectivity index (χ1n) is 6.05. The Kier molecular flexibility index (Phi) is 4.35. The number of amides is 1. The van der Waals surface area contributed by atoms with Crippen LogP contribution in [0.3, 0.4) is 0 Å². The summed E-state index contributed by atoms with van der Waals surface area (Å²) in [6, 6.07) is 7.15. The Morgan fingerprint density at radius 1 is 1.33 bits per heavy atom. The van der Waals surface area contributed by atoms with E-state index in [1.807, 2.05) is 64.0 Å². The van der Waals surface area contributed by atoms with E-state index in [9.17, 15) is 4.79 Å². The van der Waals surface area contributed by atoms with Gasteiger partial charge in [-0.25, -0.2) is 0 Å². The molecule has 0 aromatic heterocycles. The highest BCUT2D eigenvalue weighted by molar-refractivity contribution is 5.95. The van der Waals surface area contributed by atoms with Gasteiger partial charge in [-0.2, -0.15) is 0 Å². The van der Waals surface area contributed by atoms with Gasteiger partial charge in [-0.1, -0.05) is 26.8 Å². The van der Waals surface area contributed by atoms with Crippen LogP contribution in [0.15, 0.2) is 24.3 Å². The summed E-state index contributed by atoms with van der Waals surface area (Å²) in [5.41, 5.74) is 7.48. The fourth-order valence-electron chi connectivity index (χ4n) is 1.48. The zero-order valence-electron chi connectivity index (χ0n) is 11.8. The number of carbonyl (C=O) groups excluding carboxylic acids is 1. The lowest BCUT2D eigenvalue weighted by molar-refractivity contribution is -0.119. The number of hydrogen-bond donors (Lipinski definition) is 2. The van der Waals surface area contributed by atoms with Gasteiger partial charge in [0, 0.05) is 25.5 Å². The van der Waals surface area contributed by atoms with Crippen LogP contribution in [0, 0.1) is 5.41 Å². The Bertz CT molecular complexity index is 421. The molecule has 100 valence electrons. The molecule has 0 saturated carbocycles. The molecule has 0 heterocycles. The van der Waals surface area contributed by atoms with Gasteiger partial charge in [0.1, 0.15) is 0 Å². The number of carbonyl (C=O) groups is 1. The lowest BCUT2D eigenvalue weighted by Crippen LogP contribution is -2.45. The molecule has 0 unspecified atom stereocenters. The van der Waals surface area contributed by atoms with Crippen molar-refractivity contribution in [1.82, 2.24) is 0 Å². The maximum atomic E-state index is 12.0. The van der Waals surface area contributed by atoms with Gasteiger partial charge in [-0.05, 0) is 23.6 Å². The third kappa shape index (κ3) is 3.74. The van der Waals surface area contributed by atoms with E-state index in [-0.39, 0.29) is 11.3 Å². The molecule has 1 aromatic carbocycles. The first-order valence-corrected chi connectivity index (χ1v) is 6.05. The smallest absolute Gasteiger partial charge is 0.241 e. The third-order valence-corrected chi connectivity index (χ3v) is 2.85. The van der Waals surface area contributed by atoms with E-state index in [0.717, 1.165) is 11.4 Å². The summed E-state index contributed by atoms with van der Waals surface area (Å²) in [6.45, 7) is 5.86. The fourth-order valence-corrected chi connectivity index (χ4v) is 1.48. The molecule has 0 spiro atoms. The van der Waals surface area contributed by atoms with Gasteiger partial charge in [0.25, 0.3) is 0 Å². The second kappa shape index (κ2) is 5.40. The number of anilines is 2. The third-order valence-electron chi connectivity index (χ3n) is 2.85. The zero-order chi connectivity index (χ0) is 13.9. The molecule has 0 aliphatic carbocycles. The van der Waals surface area contributed by atoms with Gasteiger partial charge in [0.2, 0.25) is 5.91 Å². The highest BCUT2D eigenvalue weighted by Gasteiger charge is 2.27. The first kappa shape index (κ1) is 14.5. The Morgan fingerprint density at radius 3 is 2.44 bits per heavy atom. The van der Waals surface area contributed by atoms with E-state index in [0.29, 0.717) is 0 Å². The van der Waals surface area contributed by atoms with Crippen molar-refractivity contribution in [3.8, 4) is 0 Å². The molecular formula is C14H23N3O. The first-order chi connectivity index (χ1) is 8.21. The van der Waals surface area contributed by atoms with Crippen molar-refractivity contribution in [3.05, 3.63) is 24.3 Å². The predicted molar refractivity (Wildman–Crippen MR) is 76.8 cm³/mol. The molecule has 1 atom stereocenters. The quantitative estimate of drug-likeness (QED) is 0.862. The van der Waals surface area contributed by atoms with E-state index >= 15 is 0 Å². The van der Waals surface area contributed by atoms with Crippen LogP contribution < -0.4 is 16.0 Å². The Hall–Kier alpha value is -1.55. The standard InChI is InChI=1S/C14H23N3O/c1-14(2,3)12(15)13(18)16-10-7-6-8-11(9-10)17(4)5/h6-9,12H,15H2,1-5H3,(H,16,18)/t12-/m1/s1. The molecule has 18 heavy (non-hydrogen) atoms. The number of nitrogens with one attached hydrogen (secondary N) is 1.